The smallest absolute Gasteiger partial charge is 0.175 e. The van der Waals surface area contributed by atoms with Gasteiger partial charge in [0, 0.05) is 20.1 Å². The summed E-state index contributed by atoms with van der Waals surface area (Å²) in [6.45, 7) is 6.17. The van der Waals surface area contributed by atoms with Crippen LogP contribution >= 0.6 is 0 Å². The molecule has 6 nitrogen and oxygen atoms in total. The van der Waals surface area contributed by atoms with Crippen LogP contribution in [0, 0.1) is 6.92 Å². The van der Waals surface area contributed by atoms with Crippen LogP contribution in [0.2, 0.25) is 0 Å². The number of amidine groups is 1. The van der Waals surface area contributed by atoms with Crippen molar-refractivity contribution in [3.8, 4) is 0 Å². The SMILES string of the molecule is CCCC(C)N(C)c1c(C(N)=NO)c(C)nn1C. The van der Waals surface area contributed by atoms with Crippen LogP contribution in [0.25, 0.3) is 0 Å². The first-order valence-corrected chi connectivity index (χ1v) is 6.18. The van der Waals surface area contributed by atoms with Gasteiger partial charge in [0.2, 0.25) is 0 Å². The summed E-state index contributed by atoms with van der Waals surface area (Å²) in [5.74, 6) is 0.981. The van der Waals surface area contributed by atoms with E-state index in [0.717, 1.165) is 24.4 Å². The largest absolute Gasteiger partial charge is 0.409 e. The second-order valence-electron chi connectivity index (χ2n) is 4.64. The monoisotopic (exact) mass is 253 g/mol. The van der Waals surface area contributed by atoms with Gasteiger partial charge in [-0.1, -0.05) is 18.5 Å². The highest BCUT2D eigenvalue weighted by Gasteiger charge is 2.22. The predicted molar refractivity (Wildman–Crippen MR) is 73.2 cm³/mol. The van der Waals surface area contributed by atoms with Crippen LogP contribution in [0.15, 0.2) is 5.16 Å². The maximum absolute atomic E-state index is 8.88. The molecule has 6 heteroatoms. The van der Waals surface area contributed by atoms with Crippen molar-refractivity contribution < 1.29 is 5.21 Å². The van der Waals surface area contributed by atoms with Crippen LogP contribution < -0.4 is 10.6 Å². The number of hydrogen-bond donors (Lipinski definition) is 2. The number of oxime groups is 1. The van der Waals surface area contributed by atoms with Crippen molar-refractivity contribution in [3.05, 3.63) is 11.3 Å². The second kappa shape index (κ2) is 5.75. The Balaban J connectivity index is 3.23. The molecular formula is C12H23N5O. The van der Waals surface area contributed by atoms with Gasteiger partial charge in [-0.25, -0.2) is 0 Å². The molecule has 0 fully saturated rings. The fourth-order valence-electron chi connectivity index (χ4n) is 2.22. The third-order valence-corrected chi connectivity index (χ3v) is 3.26. The fraction of sp³-hybridized carbons (Fsp3) is 0.667. The van der Waals surface area contributed by atoms with Gasteiger partial charge in [-0.15, -0.1) is 0 Å². The first-order valence-electron chi connectivity index (χ1n) is 6.18. The number of aryl methyl sites for hydroxylation is 2. The van der Waals surface area contributed by atoms with Gasteiger partial charge in [-0.2, -0.15) is 5.10 Å². The quantitative estimate of drug-likeness (QED) is 0.360. The molecule has 0 amide bonds. The molecule has 1 unspecified atom stereocenters. The van der Waals surface area contributed by atoms with Crippen molar-refractivity contribution >= 4 is 11.7 Å². The third-order valence-electron chi connectivity index (χ3n) is 3.26. The summed E-state index contributed by atoms with van der Waals surface area (Å²) in [4.78, 5) is 2.12. The first-order chi connectivity index (χ1) is 8.43. The van der Waals surface area contributed by atoms with Crippen LogP contribution in [-0.4, -0.2) is 33.9 Å². The standard InChI is InChI=1S/C12H23N5O/c1-6-7-8(2)16(4)12-10(11(13)15-18)9(3)14-17(12)5/h8,18H,6-7H2,1-5H3,(H2,13,15). The van der Waals surface area contributed by atoms with Crippen molar-refractivity contribution in [1.82, 2.24) is 9.78 Å². The minimum atomic E-state index is 0.103. The maximum Gasteiger partial charge on any atom is 0.175 e. The molecule has 0 aliphatic rings. The van der Waals surface area contributed by atoms with Crippen LogP contribution in [0.1, 0.15) is 37.9 Å². The molecule has 0 aromatic carbocycles. The number of aromatic nitrogens is 2. The summed E-state index contributed by atoms with van der Waals surface area (Å²) in [6.07, 6.45) is 2.19. The van der Waals surface area contributed by atoms with Gasteiger partial charge < -0.3 is 15.8 Å². The highest BCUT2D eigenvalue weighted by Crippen LogP contribution is 2.24. The van der Waals surface area contributed by atoms with E-state index >= 15 is 0 Å². The van der Waals surface area contributed by atoms with Crippen LogP contribution in [0.4, 0.5) is 5.82 Å². The molecule has 0 aliphatic heterocycles. The normalized spacial score (nSPS) is 13.7. The zero-order valence-corrected chi connectivity index (χ0v) is 11.8. The Morgan fingerprint density at radius 1 is 1.61 bits per heavy atom. The molecule has 1 atom stereocenters. The lowest BCUT2D eigenvalue weighted by Gasteiger charge is -2.27. The first kappa shape index (κ1) is 14.3. The van der Waals surface area contributed by atoms with E-state index in [0.29, 0.717) is 11.6 Å². The van der Waals surface area contributed by atoms with E-state index in [4.69, 9.17) is 10.9 Å². The zero-order valence-electron chi connectivity index (χ0n) is 11.8. The van der Waals surface area contributed by atoms with Crippen molar-refractivity contribution in [2.75, 3.05) is 11.9 Å². The van der Waals surface area contributed by atoms with Gasteiger partial charge in [-0.05, 0) is 20.3 Å². The lowest BCUT2D eigenvalue weighted by molar-refractivity contribution is 0.318. The highest BCUT2D eigenvalue weighted by molar-refractivity contribution is 6.02. The lowest BCUT2D eigenvalue weighted by atomic mass is 10.1. The zero-order chi connectivity index (χ0) is 13.9. The molecule has 0 bridgehead atoms. The van der Waals surface area contributed by atoms with Gasteiger partial charge in [0.05, 0.1) is 11.3 Å². The summed E-state index contributed by atoms with van der Waals surface area (Å²) in [5.41, 5.74) is 7.20. The van der Waals surface area contributed by atoms with E-state index in [1.165, 1.54) is 0 Å². The average molecular weight is 253 g/mol. The van der Waals surface area contributed by atoms with E-state index in [2.05, 4.69) is 29.0 Å². The molecule has 0 aliphatic carbocycles. The Morgan fingerprint density at radius 3 is 2.72 bits per heavy atom. The second-order valence-corrected chi connectivity index (χ2v) is 4.64. The minimum Gasteiger partial charge on any atom is -0.409 e. The Kier molecular flexibility index (Phi) is 4.58. The van der Waals surface area contributed by atoms with Crippen LogP contribution in [-0.2, 0) is 7.05 Å². The van der Waals surface area contributed by atoms with Gasteiger partial charge >= 0.3 is 0 Å². The molecule has 18 heavy (non-hydrogen) atoms. The van der Waals surface area contributed by atoms with Crippen LogP contribution in [0.5, 0.6) is 0 Å². The van der Waals surface area contributed by atoms with Gasteiger partial charge in [0.25, 0.3) is 0 Å². The Bertz CT molecular complexity index is 438. The molecular weight excluding hydrogens is 230 g/mol. The summed E-state index contributed by atoms with van der Waals surface area (Å²) in [7, 11) is 3.87. The average Bonchev–Trinajstić information content (AvgIpc) is 2.62. The summed E-state index contributed by atoms with van der Waals surface area (Å²) in [5, 5.41) is 16.3. The van der Waals surface area contributed by atoms with Gasteiger partial charge in [-0.3, -0.25) is 4.68 Å². The topological polar surface area (TPSA) is 79.7 Å². The number of rotatable bonds is 5. The number of hydrogen-bond acceptors (Lipinski definition) is 4. The molecule has 1 aromatic rings. The fourth-order valence-corrected chi connectivity index (χ4v) is 2.22. The molecule has 0 saturated heterocycles. The van der Waals surface area contributed by atoms with Crippen LogP contribution in [0.3, 0.4) is 0 Å². The number of nitrogens with zero attached hydrogens (tertiary/aromatic N) is 4. The van der Waals surface area contributed by atoms with Crippen molar-refractivity contribution in [2.45, 2.75) is 39.7 Å². The molecule has 0 radical (unpaired) electrons. The lowest BCUT2D eigenvalue weighted by Crippen LogP contribution is -2.32. The molecule has 3 N–H and O–H groups in total. The van der Waals surface area contributed by atoms with E-state index in [9.17, 15) is 0 Å². The molecule has 102 valence electrons. The summed E-state index contributed by atoms with van der Waals surface area (Å²) < 4.78 is 1.77. The van der Waals surface area contributed by atoms with Crippen molar-refractivity contribution in [3.63, 3.8) is 0 Å². The van der Waals surface area contributed by atoms with E-state index in [1.54, 1.807) is 4.68 Å². The molecule has 1 rings (SSSR count). The summed E-state index contributed by atoms with van der Waals surface area (Å²) >= 11 is 0. The molecule has 0 saturated carbocycles. The van der Waals surface area contributed by atoms with E-state index < -0.39 is 0 Å². The summed E-state index contributed by atoms with van der Waals surface area (Å²) in [6, 6.07) is 0.370. The minimum absolute atomic E-state index is 0.103. The van der Waals surface area contributed by atoms with E-state index in [-0.39, 0.29) is 5.84 Å². The third kappa shape index (κ3) is 2.57. The predicted octanol–water partition coefficient (Wildman–Crippen LogP) is 1.45. The molecule has 1 heterocycles. The Hall–Kier alpha value is -1.72. The highest BCUT2D eigenvalue weighted by atomic mass is 16.4. The van der Waals surface area contributed by atoms with Gasteiger partial charge in [0.15, 0.2) is 5.84 Å². The molecule has 1 aromatic heterocycles. The Labute approximate surface area is 108 Å². The van der Waals surface area contributed by atoms with Gasteiger partial charge in [0.1, 0.15) is 5.82 Å². The molecule has 0 spiro atoms. The Morgan fingerprint density at radius 2 is 2.22 bits per heavy atom. The van der Waals surface area contributed by atoms with Crippen molar-refractivity contribution in [1.29, 1.82) is 0 Å². The number of anilines is 1. The van der Waals surface area contributed by atoms with E-state index in [1.807, 2.05) is 21.0 Å². The van der Waals surface area contributed by atoms with Crippen molar-refractivity contribution in [2.24, 2.45) is 17.9 Å². The maximum atomic E-state index is 8.88. The number of nitrogens with two attached hydrogens (primary N) is 1.